The van der Waals surface area contributed by atoms with E-state index < -0.39 is 0 Å². The van der Waals surface area contributed by atoms with Gasteiger partial charge in [-0.25, -0.2) is 0 Å². The second-order valence-corrected chi connectivity index (χ2v) is 8.84. The minimum absolute atomic E-state index is 0.677. The zero-order valence-electron chi connectivity index (χ0n) is 20.7. The Labute approximate surface area is 216 Å². The molecule has 0 aliphatic carbocycles. The molecule has 0 amide bonds. The van der Waals surface area contributed by atoms with Crippen molar-refractivity contribution >= 4 is 0 Å². The predicted octanol–water partition coefficient (Wildman–Crippen LogP) is 6.40. The van der Waals surface area contributed by atoms with Gasteiger partial charge in [0.25, 0.3) is 0 Å². The largest absolute Gasteiger partial charge is 0.284 e. The van der Waals surface area contributed by atoms with Crippen molar-refractivity contribution in [1.82, 2.24) is 9.80 Å². The molecule has 0 fully saturated rings. The standard InChI is InChI=1S/C34H32N2/c1(15-25-35(27-31-17-7-3-8-18-31)28-32-19-9-4-10-20-32)2-16-26-36(29-33-21-11-5-12-22-33)30-34-23-13-6-14-24-34/h3-14,17-24H,25-30H2. The van der Waals surface area contributed by atoms with Gasteiger partial charge in [0, 0.05) is 26.2 Å². The van der Waals surface area contributed by atoms with Gasteiger partial charge >= 0.3 is 0 Å². The summed E-state index contributed by atoms with van der Waals surface area (Å²) in [6, 6.07) is 42.2. The molecule has 0 aliphatic rings. The Morgan fingerprint density at radius 1 is 0.361 bits per heavy atom. The Morgan fingerprint density at radius 2 is 0.611 bits per heavy atom. The summed E-state index contributed by atoms with van der Waals surface area (Å²) in [7, 11) is 0. The highest BCUT2D eigenvalue weighted by molar-refractivity contribution is 5.28. The lowest BCUT2D eigenvalue weighted by molar-refractivity contribution is 0.290. The highest BCUT2D eigenvalue weighted by atomic mass is 15.1. The van der Waals surface area contributed by atoms with Crippen LogP contribution in [0.1, 0.15) is 22.3 Å². The van der Waals surface area contributed by atoms with Crippen molar-refractivity contribution in [2.24, 2.45) is 0 Å². The van der Waals surface area contributed by atoms with E-state index >= 15 is 0 Å². The molecule has 0 atom stereocenters. The first-order chi connectivity index (χ1) is 17.8. The molecular formula is C34H32N2. The van der Waals surface area contributed by atoms with E-state index in [-0.39, 0.29) is 0 Å². The van der Waals surface area contributed by atoms with E-state index in [1.54, 1.807) is 0 Å². The number of nitrogens with zero attached hydrogens (tertiary/aromatic N) is 2. The molecule has 0 unspecified atom stereocenters. The van der Waals surface area contributed by atoms with E-state index in [0.717, 1.165) is 26.2 Å². The summed E-state index contributed by atoms with van der Waals surface area (Å²) in [6.07, 6.45) is 0. The number of benzene rings is 4. The van der Waals surface area contributed by atoms with Crippen molar-refractivity contribution in [3.8, 4) is 23.7 Å². The Kier molecular flexibility index (Phi) is 9.98. The Balaban J connectivity index is 1.37. The molecule has 0 spiro atoms. The molecule has 0 radical (unpaired) electrons. The van der Waals surface area contributed by atoms with Crippen LogP contribution in [-0.2, 0) is 26.2 Å². The molecule has 2 nitrogen and oxygen atoms in total. The SMILES string of the molecule is C(C#CCN(Cc1ccccc1)Cc1ccccc1)#CCN(Cc1ccccc1)Cc1ccccc1. The molecule has 4 aromatic carbocycles. The van der Waals surface area contributed by atoms with E-state index in [0.29, 0.717) is 13.1 Å². The van der Waals surface area contributed by atoms with Crippen LogP contribution in [0.25, 0.3) is 0 Å². The molecule has 0 N–H and O–H groups in total. The van der Waals surface area contributed by atoms with Gasteiger partial charge in [0.2, 0.25) is 0 Å². The fraction of sp³-hybridized carbons (Fsp3) is 0.176. The molecule has 0 bridgehead atoms. The number of hydrogen-bond acceptors (Lipinski definition) is 2. The van der Waals surface area contributed by atoms with E-state index in [1.165, 1.54) is 22.3 Å². The van der Waals surface area contributed by atoms with Crippen molar-refractivity contribution in [2.75, 3.05) is 13.1 Å². The van der Waals surface area contributed by atoms with Crippen molar-refractivity contribution in [3.05, 3.63) is 144 Å². The first kappa shape index (κ1) is 25.0. The molecule has 178 valence electrons. The van der Waals surface area contributed by atoms with Crippen LogP contribution in [0.5, 0.6) is 0 Å². The van der Waals surface area contributed by atoms with Crippen LogP contribution >= 0.6 is 0 Å². The molecule has 4 rings (SSSR count). The van der Waals surface area contributed by atoms with Gasteiger partial charge in [-0.15, -0.1) is 0 Å². The maximum atomic E-state index is 3.28. The maximum absolute atomic E-state index is 3.28. The zero-order chi connectivity index (χ0) is 24.7. The minimum atomic E-state index is 0.677. The number of rotatable bonds is 10. The smallest absolute Gasteiger partial charge is 0.0617 e. The summed E-state index contributed by atoms with van der Waals surface area (Å²) >= 11 is 0. The topological polar surface area (TPSA) is 6.48 Å². The predicted molar refractivity (Wildman–Crippen MR) is 150 cm³/mol. The van der Waals surface area contributed by atoms with Gasteiger partial charge in [0.15, 0.2) is 0 Å². The first-order valence-corrected chi connectivity index (χ1v) is 12.4. The maximum Gasteiger partial charge on any atom is 0.0617 e. The third-order valence-electron chi connectivity index (χ3n) is 5.84. The average molecular weight is 469 g/mol. The summed E-state index contributed by atoms with van der Waals surface area (Å²) in [4.78, 5) is 4.72. The number of hydrogen-bond donors (Lipinski definition) is 0. The fourth-order valence-electron chi connectivity index (χ4n) is 4.09. The Hall–Kier alpha value is -4.08. The molecule has 0 saturated heterocycles. The van der Waals surface area contributed by atoms with E-state index in [9.17, 15) is 0 Å². The zero-order valence-corrected chi connectivity index (χ0v) is 20.7. The minimum Gasteiger partial charge on any atom is -0.284 e. The second-order valence-electron chi connectivity index (χ2n) is 8.84. The summed E-state index contributed by atoms with van der Waals surface area (Å²) in [5, 5.41) is 0. The van der Waals surface area contributed by atoms with Crippen molar-refractivity contribution in [3.63, 3.8) is 0 Å². The quantitative estimate of drug-likeness (QED) is 0.249. The third kappa shape index (κ3) is 8.94. The van der Waals surface area contributed by atoms with Gasteiger partial charge in [-0.2, -0.15) is 0 Å². The van der Waals surface area contributed by atoms with Crippen LogP contribution in [0, 0.1) is 23.7 Å². The molecule has 4 aromatic rings. The lowest BCUT2D eigenvalue weighted by atomic mass is 10.1. The summed E-state index contributed by atoms with van der Waals surface area (Å²) in [5.74, 6) is 12.7. The molecule has 36 heavy (non-hydrogen) atoms. The van der Waals surface area contributed by atoms with E-state index in [4.69, 9.17) is 0 Å². The fourth-order valence-corrected chi connectivity index (χ4v) is 4.09. The Morgan fingerprint density at radius 3 is 0.861 bits per heavy atom. The second kappa shape index (κ2) is 14.3. The normalized spacial score (nSPS) is 10.4. The van der Waals surface area contributed by atoms with Gasteiger partial charge in [0.05, 0.1) is 13.1 Å². The van der Waals surface area contributed by atoms with Gasteiger partial charge in [-0.05, 0) is 34.1 Å². The van der Waals surface area contributed by atoms with Crippen LogP contribution in [-0.4, -0.2) is 22.9 Å². The highest BCUT2D eigenvalue weighted by Gasteiger charge is 2.07. The molecule has 0 saturated carbocycles. The van der Waals surface area contributed by atoms with Crippen LogP contribution in [0.4, 0.5) is 0 Å². The van der Waals surface area contributed by atoms with Crippen molar-refractivity contribution in [1.29, 1.82) is 0 Å². The van der Waals surface area contributed by atoms with Crippen LogP contribution in [0.15, 0.2) is 121 Å². The lowest BCUT2D eigenvalue weighted by Crippen LogP contribution is -2.23. The van der Waals surface area contributed by atoms with Crippen molar-refractivity contribution < 1.29 is 0 Å². The van der Waals surface area contributed by atoms with Crippen LogP contribution in [0.2, 0.25) is 0 Å². The summed E-state index contributed by atoms with van der Waals surface area (Å²) in [6.45, 7) is 4.80. The van der Waals surface area contributed by atoms with Gasteiger partial charge < -0.3 is 0 Å². The van der Waals surface area contributed by atoms with Gasteiger partial charge in [-0.3, -0.25) is 9.80 Å². The first-order valence-electron chi connectivity index (χ1n) is 12.4. The lowest BCUT2D eigenvalue weighted by Gasteiger charge is -2.20. The Bertz CT molecular complexity index is 1090. The van der Waals surface area contributed by atoms with E-state index in [1.807, 2.05) is 0 Å². The van der Waals surface area contributed by atoms with Crippen LogP contribution in [0.3, 0.4) is 0 Å². The average Bonchev–Trinajstić information content (AvgIpc) is 2.93. The molecule has 0 aliphatic heterocycles. The van der Waals surface area contributed by atoms with Crippen LogP contribution < -0.4 is 0 Å². The molecule has 2 heteroatoms. The van der Waals surface area contributed by atoms with Gasteiger partial charge in [-0.1, -0.05) is 133 Å². The highest BCUT2D eigenvalue weighted by Crippen LogP contribution is 2.10. The monoisotopic (exact) mass is 468 g/mol. The molecular weight excluding hydrogens is 436 g/mol. The van der Waals surface area contributed by atoms with Gasteiger partial charge in [0.1, 0.15) is 0 Å². The summed E-state index contributed by atoms with van der Waals surface area (Å²) in [5.41, 5.74) is 5.16. The van der Waals surface area contributed by atoms with E-state index in [2.05, 4.69) is 155 Å². The molecule has 0 aromatic heterocycles. The van der Waals surface area contributed by atoms with Crippen molar-refractivity contribution in [2.45, 2.75) is 26.2 Å². The molecule has 0 heterocycles. The summed E-state index contributed by atoms with van der Waals surface area (Å²) < 4.78 is 0. The third-order valence-corrected chi connectivity index (χ3v) is 5.84.